The van der Waals surface area contributed by atoms with Crippen molar-refractivity contribution in [3.63, 3.8) is 0 Å². The zero-order valence-corrected chi connectivity index (χ0v) is 11.7. The molecule has 12 heteroatoms. The van der Waals surface area contributed by atoms with Crippen LogP contribution in [0, 0.1) is 5.41 Å². The van der Waals surface area contributed by atoms with E-state index in [1.807, 2.05) is 0 Å². The summed E-state index contributed by atoms with van der Waals surface area (Å²) < 4.78 is 156. The summed E-state index contributed by atoms with van der Waals surface area (Å²) in [6.07, 6.45) is -27.3. The van der Waals surface area contributed by atoms with Gasteiger partial charge in [0.2, 0.25) is 0 Å². The summed E-state index contributed by atoms with van der Waals surface area (Å²) in [6, 6.07) is 0. The lowest BCUT2D eigenvalue weighted by Gasteiger charge is -2.49. The van der Waals surface area contributed by atoms with Gasteiger partial charge in [0.1, 0.15) is 5.41 Å². The van der Waals surface area contributed by atoms with Crippen molar-refractivity contribution in [1.29, 1.82) is 0 Å². The van der Waals surface area contributed by atoms with Crippen LogP contribution in [-0.2, 0) is 0 Å². The first-order valence-corrected chi connectivity index (χ1v) is 6.69. The molecule has 1 rings (SSSR count). The average Bonchev–Trinajstić information content (AvgIpc) is 2.44. The maximum absolute atomic E-state index is 14.0. The first-order valence-electron chi connectivity index (χ1n) is 6.69. The van der Waals surface area contributed by atoms with Crippen molar-refractivity contribution in [3.05, 3.63) is 0 Å². The quantitative estimate of drug-likeness (QED) is 0.521. The van der Waals surface area contributed by atoms with E-state index in [1.165, 1.54) is 0 Å². The zero-order chi connectivity index (χ0) is 19.2. The van der Waals surface area contributed by atoms with Gasteiger partial charge in [-0.15, -0.1) is 0 Å². The van der Waals surface area contributed by atoms with Crippen LogP contribution in [-0.4, -0.2) is 36.5 Å². The Bertz CT molecular complexity index is 394. The van der Waals surface area contributed by atoms with Gasteiger partial charge >= 0.3 is 12.4 Å². The molecule has 1 fully saturated rings. The minimum absolute atomic E-state index is 0.0418. The SMILES string of the molecule is FC(C(F)(F)F)C(F)(F)C1(C(F)(F)C(F)C(F)(F)F)CCCCC1. The fourth-order valence-electron chi connectivity index (χ4n) is 2.94. The molecular formula is C12H12F12. The Morgan fingerprint density at radius 2 is 0.833 bits per heavy atom. The summed E-state index contributed by atoms with van der Waals surface area (Å²) in [6.45, 7) is 0. The molecule has 0 amide bonds. The molecule has 0 bridgehead atoms. The van der Waals surface area contributed by atoms with Gasteiger partial charge < -0.3 is 0 Å². The van der Waals surface area contributed by atoms with Crippen molar-refractivity contribution in [2.24, 2.45) is 5.41 Å². The van der Waals surface area contributed by atoms with E-state index in [-0.39, 0.29) is 6.42 Å². The van der Waals surface area contributed by atoms with Crippen LogP contribution in [0.2, 0.25) is 0 Å². The van der Waals surface area contributed by atoms with Gasteiger partial charge in [0, 0.05) is 0 Å². The van der Waals surface area contributed by atoms with Gasteiger partial charge in [-0.3, -0.25) is 0 Å². The molecule has 0 N–H and O–H groups in total. The van der Waals surface area contributed by atoms with Crippen molar-refractivity contribution >= 4 is 0 Å². The third-order valence-corrected chi connectivity index (χ3v) is 4.19. The minimum Gasteiger partial charge on any atom is -0.231 e. The van der Waals surface area contributed by atoms with Crippen molar-refractivity contribution in [2.75, 3.05) is 0 Å². The molecule has 0 spiro atoms. The van der Waals surface area contributed by atoms with Crippen molar-refractivity contribution in [1.82, 2.24) is 0 Å². The molecule has 1 saturated carbocycles. The predicted octanol–water partition coefficient (Wildman–Crippen LogP) is 6.01. The molecule has 24 heavy (non-hydrogen) atoms. The summed E-state index contributed by atoms with van der Waals surface area (Å²) >= 11 is 0. The normalized spacial score (nSPS) is 23.0. The number of hydrogen-bond donors (Lipinski definition) is 0. The van der Waals surface area contributed by atoms with E-state index in [2.05, 4.69) is 0 Å². The van der Waals surface area contributed by atoms with Crippen LogP contribution in [0.5, 0.6) is 0 Å². The standard InChI is InChI=1S/C12H12F12/c13-6(11(19,20)21)9(15,16)8(4-2-1-3-5-8)10(17,18)7(14)12(22,23)24/h6-7H,1-5H2. The largest absolute Gasteiger partial charge is 0.425 e. The van der Waals surface area contributed by atoms with Crippen LogP contribution in [0.3, 0.4) is 0 Å². The molecule has 0 nitrogen and oxygen atoms in total. The Hall–Kier alpha value is -0.840. The van der Waals surface area contributed by atoms with Gasteiger partial charge in [0.05, 0.1) is 0 Å². The molecule has 1 aliphatic rings. The lowest BCUT2D eigenvalue weighted by Crippen LogP contribution is -2.66. The predicted molar refractivity (Wildman–Crippen MR) is 57.3 cm³/mol. The maximum Gasteiger partial charge on any atom is 0.425 e. The Morgan fingerprint density at radius 3 is 1.08 bits per heavy atom. The summed E-state index contributed by atoms with van der Waals surface area (Å²) in [5, 5.41) is 0. The van der Waals surface area contributed by atoms with Gasteiger partial charge in [0.15, 0.2) is 0 Å². The lowest BCUT2D eigenvalue weighted by atomic mass is 9.63. The van der Waals surface area contributed by atoms with Crippen molar-refractivity contribution in [2.45, 2.75) is 68.6 Å². The Kier molecular flexibility index (Phi) is 5.44. The van der Waals surface area contributed by atoms with Crippen molar-refractivity contribution < 1.29 is 52.7 Å². The summed E-state index contributed by atoms with van der Waals surface area (Å²) in [5.41, 5.74) is -4.43. The highest BCUT2D eigenvalue weighted by Gasteiger charge is 2.79. The highest BCUT2D eigenvalue weighted by molar-refractivity contribution is 5.10. The second-order valence-electron chi connectivity index (χ2n) is 5.70. The number of rotatable bonds is 4. The molecule has 0 aliphatic heterocycles. The molecule has 2 unspecified atom stereocenters. The molecule has 0 aromatic rings. The zero-order valence-electron chi connectivity index (χ0n) is 11.7. The topological polar surface area (TPSA) is 0 Å². The van der Waals surface area contributed by atoms with E-state index >= 15 is 0 Å². The van der Waals surface area contributed by atoms with Gasteiger partial charge in [0.25, 0.3) is 24.2 Å². The van der Waals surface area contributed by atoms with Crippen LogP contribution < -0.4 is 0 Å². The van der Waals surface area contributed by atoms with Crippen LogP contribution in [0.1, 0.15) is 32.1 Å². The summed E-state index contributed by atoms with van der Waals surface area (Å²) in [5.74, 6) is -11.9. The molecular weight excluding hydrogens is 372 g/mol. The van der Waals surface area contributed by atoms with E-state index in [4.69, 9.17) is 0 Å². The highest BCUT2D eigenvalue weighted by atomic mass is 19.4. The van der Waals surface area contributed by atoms with Crippen LogP contribution >= 0.6 is 0 Å². The number of hydrogen-bond acceptors (Lipinski definition) is 0. The van der Waals surface area contributed by atoms with Gasteiger partial charge in [-0.05, 0) is 12.8 Å². The molecule has 0 radical (unpaired) electrons. The molecule has 0 heterocycles. The van der Waals surface area contributed by atoms with Crippen molar-refractivity contribution in [3.8, 4) is 0 Å². The molecule has 2 atom stereocenters. The smallest absolute Gasteiger partial charge is 0.231 e. The third-order valence-electron chi connectivity index (χ3n) is 4.19. The molecule has 0 aromatic heterocycles. The number of halogens is 12. The number of alkyl halides is 12. The van der Waals surface area contributed by atoms with Crippen LogP contribution in [0.15, 0.2) is 0 Å². The molecule has 1 aliphatic carbocycles. The average molecular weight is 384 g/mol. The Morgan fingerprint density at radius 1 is 0.542 bits per heavy atom. The van der Waals surface area contributed by atoms with Crippen LogP contribution in [0.25, 0.3) is 0 Å². The first kappa shape index (κ1) is 21.2. The van der Waals surface area contributed by atoms with E-state index in [9.17, 15) is 52.7 Å². The first-order chi connectivity index (χ1) is 10.5. The summed E-state index contributed by atoms with van der Waals surface area (Å²) in [7, 11) is 0. The van der Waals surface area contributed by atoms with Crippen LogP contribution in [0.4, 0.5) is 52.7 Å². The molecule has 0 aromatic carbocycles. The van der Waals surface area contributed by atoms with Gasteiger partial charge in [-0.2, -0.15) is 26.3 Å². The molecule has 144 valence electrons. The van der Waals surface area contributed by atoms with E-state index < -0.39 is 67.6 Å². The lowest BCUT2D eigenvalue weighted by molar-refractivity contribution is -0.353. The highest BCUT2D eigenvalue weighted by Crippen LogP contribution is 2.62. The third kappa shape index (κ3) is 3.29. The Balaban J connectivity index is 3.49. The van der Waals surface area contributed by atoms with Gasteiger partial charge in [-0.25, -0.2) is 26.3 Å². The molecule has 0 saturated heterocycles. The second-order valence-corrected chi connectivity index (χ2v) is 5.70. The maximum atomic E-state index is 14.0. The second kappa shape index (κ2) is 6.15. The minimum atomic E-state index is -6.30. The fourth-order valence-corrected chi connectivity index (χ4v) is 2.94. The van der Waals surface area contributed by atoms with Gasteiger partial charge in [-0.1, -0.05) is 19.3 Å². The van der Waals surface area contributed by atoms with E-state index in [0.717, 1.165) is 0 Å². The monoisotopic (exact) mass is 384 g/mol. The van der Waals surface area contributed by atoms with E-state index in [0.29, 0.717) is 0 Å². The van der Waals surface area contributed by atoms with E-state index in [1.54, 1.807) is 0 Å². The Labute approximate surface area is 128 Å². The summed E-state index contributed by atoms with van der Waals surface area (Å²) in [4.78, 5) is 0. The fraction of sp³-hybridized carbons (Fsp3) is 1.00.